The van der Waals surface area contributed by atoms with Crippen LogP contribution in [0.25, 0.3) is 0 Å². The summed E-state index contributed by atoms with van der Waals surface area (Å²) >= 11 is 0. The molecule has 112 valence electrons. The van der Waals surface area contributed by atoms with E-state index < -0.39 is 10.0 Å². The summed E-state index contributed by atoms with van der Waals surface area (Å²) in [6.07, 6.45) is 0. The average Bonchev–Trinajstić information content (AvgIpc) is 2.42. The Balaban J connectivity index is 2.29. The van der Waals surface area contributed by atoms with E-state index in [0.717, 1.165) is 16.7 Å². The third kappa shape index (κ3) is 3.64. The maximum Gasteiger partial charge on any atom is 0.261 e. The summed E-state index contributed by atoms with van der Waals surface area (Å²) in [5, 5.41) is 0. The van der Waals surface area contributed by atoms with Crippen LogP contribution in [-0.2, 0) is 10.0 Å². The molecule has 0 spiro atoms. The summed E-state index contributed by atoms with van der Waals surface area (Å²) in [6, 6.07) is 12.7. The van der Waals surface area contributed by atoms with E-state index in [2.05, 4.69) is 18.6 Å². The third-order valence-corrected chi connectivity index (χ3v) is 4.86. The largest absolute Gasteiger partial charge is 0.279 e. The third-order valence-electron chi connectivity index (χ3n) is 3.48. The van der Waals surface area contributed by atoms with Gasteiger partial charge in [-0.15, -0.1) is 0 Å². The van der Waals surface area contributed by atoms with Gasteiger partial charge in [-0.1, -0.05) is 43.7 Å². The summed E-state index contributed by atoms with van der Waals surface area (Å²) in [5.74, 6) is 0.383. The molecule has 0 saturated carbocycles. The van der Waals surface area contributed by atoms with Crippen molar-refractivity contribution < 1.29 is 8.42 Å². The van der Waals surface area contributed by atoms with Gasteiger partial charge < -0.3 is 0 Å². The van der Waals surface area contributed by atoms with Crippen molar-refractivity contribution in [2.75, 3.05) is 4.72 Å². The van der Waals surface area contributed by atoms with Gasteiger partial charge in [0.2, 0.25) is 0 Å². The highest BCUT2D eigenvalue weighted by molar-refractivity contribution is 7.92. The normalized spacial score (nSPS) is 11.7. The van der Waals surface area contributed by atoms with Gasteiger partial charge in [-0.3, -0.25) is 4.72 Å². The lowest BCUT2D eigenvalue weighted by Gasteiger charge is -2.12. The lowest BCUT2D eigenvalue weighted by atomic mass is 10.0. The Labute approximate surface area is 127 Å². The van der Waals surface area contributed by atoms with Crippen molar-refractivity contribution in [3.8, 4) is 0 Å². The van der Waals surface area contributed by atoms with Crippen molar-refractivity contribution >= 4 is 15.7 Å². The van der Waals surface area contributed by atoms with Gasteiger partial charge in [-0.05, 0) is 49.1 Å². The molecule has 0 aromatic heterocycles. The van der Waals surface area contributed by atoms with Crippen molar-refractivity contribution in [1.82, 2.24) is 0 Å². The van der Waals surface area contributed by atoms with Crippen LogP contribution in [0.1, 0.15) is 36.5 Å². The first-order valence-electron chi connectivity index (χ1n) is 6.99. The van der Waals surface area contributed by atoms with Gasteiger partial charge in [0, 0.05) is 0 Å². The van der Waals surface area contributed by atoms with Crippen LogP contribution in [0.4, 0.5) is 5.69 Å². The molecule has 4 heteroatoms. The smallest absolute Gasteiger partial charge is 0.261 e. The van der Waals surface area contributed by atoms with Crippen molar-refractivity contribution in [2.45, 2.75) is 38.5 Å². The van der Waals surface area contributed by atoms with Crippen LogP contribution in [0.5, 0.6) is 0 Å². The number of rotatable bonds is 4. The van der Waals surface area contributed by atoms with Crippen molar-refractivity contribution in [2.24, 2.45) is 0 Å². The second-order valence-corrected chi connectivity index (χ2v) is 7.33. The molecule has 0 unspecified atom stereocenters. The molecule has 1 N–H and O–H groups in total. The molecule has 21 heavy (non-hydrogen) atoms. The molecule has 0 aliphatic carbocycles. The van der Waals surface area contributed by atoms with Crippen molar-refractivity contribution in [3.63, 3.8) is 0 Å². The Bertz CT molecular complexity index is 732. The zero-order chi connectivity index (χ0) is 15.6. The predicted octanol–water partition coefficient (Wildman–Crippen LogP) is 4.23. The molecule has 0 heterocycles. The summed E-state index contributed by atoms with van der Waals surface area (Å²) in [5.41, 5.74) is 3.77. The van der Waals surface area contributed by atoms with E-state index in [1.807, 2.05) is 38.1 Å². The van der Waals surface area contributed by atoms with Gasteiger partial charge in [0.05, 0.1) is 10.6 Å². The molecule has 0 bridgehead atoms. The molecule has 2 aromatic carbocycles. The molecule has 3 nitrogen and oxygen atoms in total. The second-order valence-electron chi connectivity index (χ2n) is 5.65. The Morgan fingerprint density at radius 3 is 2.10 bits per heavy atom. The number of benzene rings is 2. The zero-order valence-electron chi connectivity index (χ0n) is 12.8. The Kier molecular flexibility index (Phi) is 4.37. The predicted molar refractivity (Wildman–Crippen MR) is 87.3 cm³/mol. The van der Waals surface area contributed by atoms with E-state index in [9.17, 15) is 8.42 Å². The van der Waals surface area contributed by atoms with Gasteiger partial charge in [-0.2, -0.15) is 0 Å². The fourth-order valence-electron chi connectivity index (χ4n) is 2.16. The van der Waals surface area contributed by atoms with Gasteiger partial charge in [0.1, 0.15) is 0 Å². The number of hydrogen-bond donors (Lipinski definition) is 1. The minimum atomic E-state index is -3.54. The number of aryl methyl sites for hydroxylation is 2. The topological polar surface area (TPSA) is 46.2 Å². The first-order valence-corrected chi connectivity index (χ1v) is 8.48. The fourth-order valence-corrected chi connectivity index (χ4v) is 3.29. The minimum Gasteiger partial charge on any atom is -0.279 e. The van der Waals surface area contributed by atoms with E-state index in [1.165, 1.54) is 0 Å². The molecule has 0 atom stereocenters. The number of nitrogens with one attached hydrogen (secondary N) is 1. The molecule has 0 aliphatic rings. The highest BCUT2D eigenvalue weighted by Crippen LogP contribution is 2.22. The van der Waals surface area contributed by atoms with Crippen LogP contribution in [0.3, 0.4) is 0 Å². The van der Waals surface area contributed by atoms with Gasteiger partial charge in [0.25, 0.3) is 10.0 Å². The van der Waals surface area contributed by atoms with Crippen LogP contribution in [0, 0.1) is 13.8 Å². The van der Waals surface area contributed by atoms with E-state index in [-0.39, 0.29) is 4.90 Å². The first-order chi connectivity index (χ1) is 9.79. The maximum atomic E-state index is 12.4. The Hall–Kier alpha value is -1.81. The van der Waals surface area contributed by atoms with Crippen molar-refractivity contribution in [1.29, 1.82) is 0 Å². The monoisotopic (exact) mass is 303 g/mol. The molecular formula is C17H21NO2S. The average molecular weight is 303 g/mol. The van der Waals surface area contributed by atoms with E-state index in [4.69, 9.17) is 0 Å². The lowest BCUT2D eigenvalue weighted by Crippen LogP contribution is -2.13. The lowest BCUT2D eigenvalue weighted by molar-refractivity contribution is 0.601. The molecular weight excluding hydrogens is 282 g/mol. The van der Waals surface area contributed by atoms with Gasteiger partial charge in [0.15, 0.2) is 0 Å². The minimum absolute atomic E-state index is 0.284. The first kappa shape index (κ1) is 15.6. The van der Waals surface area contributed by atoms with Crippen LogP contribution < -0.4 is 4.72 Å². The molecule has 0 saturated heterocycles. The van der Waals surface area contributed by atoms with Crippen LogP contribution >= 0.6 is 0 Å². The number of anilines is 1. The molecule has 2 rings (SSSR count). The van der Waals surface area contributed by atoms with Gasteiger partial charge >= 0.3 is 0 Å². The highest BCUT2D eigenvalue weighted by atomic mass is 32.2. The van der Waals surface area contributed by atoms with Crippen molar-refractivity contribution in [3.05, 3.63) is 59.2 Å². The quantitative estimate of drug-likeness (QED) is 0.919. The standard InChI is InChI=1S/C17H21NO2S/c1-12(2)15-6-8-16(9-7-15)21(19,20)18-17-10-5-13(3)11-14(17)4/h5-12,18H,1-4H3. The molecule has 0 radical (unpaired) electrons. The van der Waals surface area contributed by atoms with Crippen LogP contribution in [0.15, 0.2) is 47.4 Å². The Morgan fingerprint density at radius 2 is 1.57 bits per heavy atom. The van der Waals surface area contributed by atoms with E-state index in [1.54, 1.807) is 18.2 Å². The summed E-state index contributed by atoms with van der Waals surface area (Å²) < 4.78 is 27.5. The molecule has 0 aliphatic heterocycles. The van der Waals surface area contributed by atoms with Crippen LogP contribution in [-0.4, -0.2) is 8.42 Å². The molecule has 2 aromatic rings. The zero-order valence-corrected chi connectivity index (χ0v) is 13.7. The van der Waals surface area contributed by atoms with E-state index >= 15 is 0 Å². The summed E-state index contributed by atoms with van der Waals surface area (Å²) in [7, 11) is -3.54. The Morgan fingerprint density at radius 1 is 0.952 bits per heavy atom. The summed E-state index contributed by atoms with van der Waals surface area (Å²) in [6.45, 7) is 8.04. The van der Waals surface area contributed by atoms with E-state index in [0.29, 0.717) is 11.6 Å². The second kappa shape index (κ2) is 5.90. The SMILES string of the molecule is Cc1ccc(NS(=O)(=O)c2ccc(C(C)C)cc2)c(C)c1. The van der Waals surface area contributed by atoms with Gasteiger partial charge in [-0.25, -0.2) is 8.42 Å². The highest BCUT2D eigenvalue weighted by Gasteiger charge is 2.15. The number of sulfonamides is 1. The number of hydrogen-bond acceptors (Lipinski definition) is 2. The molecule has 0 fully saturated rings. The van der Waals surface area contributed by atoms with Crippen LogP contribution in [0.2, 0.25) is 0 Å². The summed E-state index contributed by atoms with van der Waals surface area (Å²) in [4.78, 5) is 0.284. The maximum absolute atomic E-state index is 12.4. The molecule has 0 amide bonds. The fraction of sp³-hybridized carbons (Fsp3) is 0.294.